The summed E-state index contributed by atoms with van der Waals surface area (Å²) < 4.78 is 5.45. The van der Waals surface area contributed by atoms with E-state index in [1.54, 1.807) is 0 Å². The predicted molar refractivity (Wildman–Crippen MR) is 62.2 cm³/mol. The van der Waals surface area contributed by atoms with Gasteiger partial charge in [0.15, 0.2) is 11.5 Å². The lowest BCUT2D eigenvalue weighted by Crippen LogP contribution is -2.26. The van der Waals surface area contributed by atoms with Gasteiger partial charge in [-0.3, -0.25) is 0 Å². The summed E-state index contributed by atoms with van der Waals surface area (Å²) >= 11 is 0. The fourth-order valence-electron chi connectivity index (χ4n) is 1.56. The number of aryl methyl sites for hydroxylation is 1. The van der Waals surface area contributed by atoms with Crippen molar-refractivity contribution in [2.24, 2.45) is 0 Å². The Hall–Kier alpha value is -2.02. The van der Waals surface area contributed by atoms with Gasteiger partial charge in [0.25, 0.3) is 0 Å². The van der Waals surface area contributed by atoms with E-state index in [0.29, 0.717) is 5.89 Å². The van der Waals surface area contributed by atoms with E-state index in [1.807, 2.05) is 44.0 Å². The van der Waals surface area contributed by atoms with Crippen LogP contribution in [0.15, 0.2) is 22.6 Å². The topological polar surface area (TPSA) is 53.1 Å². The standard InChI is InChI=1S/C12H13N3O/c1-8(7-13)15(3)10-4-5-11-12(6-10)16-9(2)14-11/h4-6,8H,1-3H3. The third kappa shape index (κ3) is 1.72. The molecule has 4 heteroatoms. The quantitative estimate of drug-likeness (QED) is 0.772. The van der Waals surface area contributed by atoms with Crippen molar-refractivity contribution < 1.29 is 4.42 Å². The molecular weight excluding hydrogens is 202 g/mol. The Morgan fingerprint density at radius 3 is 2.94 bits per heavy atom. The number of fused-ring (bicyclic) bond motifs is 1. The molecule has 0 aliphatic carbocycles. The monoisotopic (exact) mass is 215 g/mol. The second-order valence-corrected chi connectivity index (χ2v) is 3.80. The molecule has 1 heterocycles. The molecule has 2 aromatic rings. The highest BCUT2D eigenvalue weighted by atomic mass is 16.3. The third-order valence-corrected chi connectivity index (χ3v) is 2.65. The number of nitrogens with zero attached hydrogens (tertiary/aromatic N) is 3. The van der Waals surface area contributed by atoms with Gasteiger partial charge in [-0.25, -0.2) is 4.98 Å². The van der Waals surface area contributed by atoms with E-state index in [2.05, 4.69) is 11.1 Å². The molecule has 0 radical (unpaired) electrons. The van der Waals surface area contributed by atoms with Gasteiger partial charge in [-0.05, 0) is 19.1 Å². The molecule has 0 spiro atoms. The van der Waals surface area contributed by atoms with E-state index >= 15 is 0 Å². The molecule has 82 valence electrons. The predicted octanol–water partition coefficient (Wildman–Crippen LogP) is 2.48. The van der Waals surface area contributed by atoms with Gasteiger partial charge in [0, 0.05) is 25.7 Å². The molecule has 4 nitrogen and oxygen atoms in total. The number of hydrogen-bond donors (Lipinski definition) is 0. The van der Waals surface area contributed by atoms with Crippen LogP contribution in [-0.4, -0.2) is 18.1 Å². The van der Waals surface area contributed by atoms with Crippen LogP contribution in [0.2, 0.25) is 0 Å². The zero-order chi connectivity index (χ0) is 11.7. The van der Waals surface area contributed by atoms with E-state index in [9.17, 15) is 0 Å². The fraction of sp³-hybridized carbons (Fsp3) is 0.333. The molecule has 0 fully saturated rings. The summed E-state index contributed by atoms with van der Waals surface area (Å²) in [6.07, 6.45) is 0. The zero-order valence-corrected chi connectivity index (χ0v) is 9.56. The Morgan fingerprint density at radius 1 is 1.50 bits per heavy atom. The Balaban J connectivity index is 2.43. The fourth-order valence-corrected chi connectivity index (χ4v) is 1.56. The summed E-state index contributed by atoms with van der Waals surface area (Å²) in [4.78, 5) is 6.13. The van der Waals surface area contributed by atoms with E-state index in [1.165, 1.54) is 0 Å². The van der Waals surface area contributed by atoms with Crippen molar-refractivity contribution in [3.63, 3.8) is 0 Å². The van der Waals surface area contributed by atoms with E-state index in [0.717, 1.165) is 16.8 Å². The van der Waals surface area contributed by atoms with Gasteiger partial charge in [-0.1, -0.05) is 0 Å². The summed E-state index contributed by atoms with van der Waals surface area (Å²) in [7, 11) is 1.89. The molecule has 0 amide bonds. The first-order valence-corrected chi connectivity index (χ1v) is 5.11. The van der Waals surface area contributed by atoms with Gasteiger partial charge in [0.05, 0.1) is 6.07 Å². The average molecular weight is 215 g/mol. The van der Waals surface area contributed by atoms with Crippen LogP contribution in [0, 0.1) is 18.3 Å². The first-order chi connectivity index (χ1) is 7.61. The van der Waals surface area contributed by atoms with Gasteiger partial charge >= 0.3 is 0 Å². The smallest absolute Gasteiger partial charge is 0.192 e. The maximum atomic E-state index is 8.86. The van der Waals surface area contributed by atoms with Crippen LogP contribution < -0.4 is 4.90 Å². The Morgan fingerprint density at radius 2 is 2.25 bits per heavy atom. The Bertz CT molecular complexity index is 553. The number of benzene rings is 1. The largest absolute Gasteiger partial charge is 0.441 e. The van der Waals surface area contributed by atoms with E-state index in [4.69, 9.17) is 9.68 Å². The van der Waals surface area contributed by atoms with Crippen LogP contribution >= 0.6 is 0 Å². The summed E-state index contributed by atoms with van der Waals surface area (Å²) in [5.74, 6) is 0.656. The lowest BCUT2D eigenvalue weighted by Gasteiger charge is -2.21. The molecule has 0 aliphatic heterocycles. The molecule has 1 aromatic heterocycles. The van der Waals surface area contributed by atoms with Crippen LogP contribution in [-0.2, 0) is 0 Å². The first-order valence-electron chi connectivity index (χ1n) is 5.11. The number of anilines is 1. The van der Waals surface area contributed by atoms with Crippen molar-refractivity contribution in [1.29, 1.82) is 5.26 Å². The van der Waals surface area contributed by atoms with Crippen LogP contribution in [0.3, 0.4) is 0 Å². The number of aromatic nitrogens is 1. The maximum Gasteiger partial charge on any atom is 0.192 e. The maximum absolute atomic E-state index is 8.86. The van der Waals surface area contributed by atoms with Gasteiger partial charge < -0.3 is 9.32 Å². The van der Waals surface area contributed by atoms with Crippen LogP contribution in [0.25, 0.3) is 11.1 Å². The second kappa shape index (κ2) is 3.86. The van der Waals surface area contributed by atoms with Crippen LogP contribution in [0.5, 0.6) is 0 Å². The number of hydrogen-bond acceptors (Lipinski definition) is 4. The van der Waals surface area contributed by atoms with Gasteiger partial charge in [-0.2, -0.15) is 5.26 Å². The highest BCUT2D eigenvalue weighted by Crippen LogP contribution is 2.22. The molecule has 2 rings (SSSR count). The first kappa shape index (κ1) is 10.5. The SMILES string of the molecule is Cc1nc2ccc(N(C)C(C)C#N)cc2o1. The van der Waals surface area contributed by atoms with Gasteiger partial charge in [0.2, 0.25) is 0 Å². The average Bonchev–Trinajstić information content (AvgIpc) is 2.65. The minimum absolute atomic E-state index is 0.165. The van der Waals surface area contributed by atoms with Crippen molar-refractivity contribution in [3.8, 4) is 6.07 Å². The summed E-state index contributed by atoms with van der Waals surface area (Å²) in [5, 5.41) is 8.86. The molecule has 0 saturated heterocycles. The van der Waals surface area contributed by atoms with Crippen molar-refractivity contribution in [1.82, 2.24) is 4.98 Å². The van der Waals surface area contributed by atoms with E-state index < -0.39 is 0 Å². The number of nitriles is 1. The lowest BCUT2D eigenvalue weighted by molar-refractivity contribution is 0.561. The molecule has 1 aromatic carbocycles. The molecule has 0 saturated carbocycles. The highest BCUT2D eigenvalue weighted by molar-refractivity contribution is 5.77. The minimum atomic E-state index is -0.165. The number of rotatable bonds is 2. The zero-order valence-electron chi connectivity index (χ0n) is 9.56. The van der Waals surface area contributed by atoms with Crippen LogP contribution in [0.4, 0.5) is 5.69 Å². The van der Waals surface area contributed by atoms with Crippen molar-refractivity contribution in [2.75, 3.05) is 11.9 Å². The molecule has 1 atom stereocenters. The molecule has 0 aliphatic rings. The minimum Gasteiger partial charge on any atom is -0.441 e. The third-order valence-electron chi connectivity index (χ3n) is 2.65. The lowest BCUT2D eigenvalue weighted by atomic mass is 10.2. The Labute approximate surface area is 94.1 Å². The summed E-state index contributed by atoms with van der Waals surface area (Å²) in [6, 6.07) is 7.78. The van der Waals surface area contributed by atoms with Crippen molar-refractivity contribution >= 4 is 16.8 Å². The molecule has 16 heavy (non-hydrogen) atoms. The van der Waals surface area contributed by atoms with Gasteiger partial charge in [0.1, 0.15) is 11.6 Å². The van der Waals surface area contributed by atoms with E-state index in [-0.39, 0.29) is 6.04 Å². The normalized spacial score (nSPS) is 12.4. The molecule has 0 bridgehead atoms. The van der Waals surface area contributed by atoms with Crippen LogP contribution in [0.1, 0.15) is 12.8 Å². The van der Waals surface area contributed by atoms with Crippen molar-refractivity contribution in [3.05, 3.63) is 24.1 Å². The highest BCUT2D eigenvalue weighted by Gasteiger charge is 2.10. The van der Waals surface area contributed by atoms with Crippen molar-refractivity contribution in [2.45, 2.75) is 19.9 Å². The summed E-state index contributed by atoms with van der Waals surface area (Å²) in [6.45, 7) is 3.68. The second-order valence-electron chi connectivity index (χ2n) is 3.80. The summed E-state index contributed by atoms with van der Waals surface area (Å²) in [5.41, 5.74) is 2.56. The number of oxazole rings is 1. The Kier molecular flexibility index (Phi) is 2.53. The molecular formula is C12H13N3O. The molecule has 0 N–H and O–H groups in total. The molecule has 1 unspecified atom stereocenters. The van der Waals surface area contributed by atoms with Gasteiger partial charge in [-0.15, -0.1) is 0 Å².